The number of ether oxygens (including phenoxy) is 1. The van der Waals surface area contributed by atoms with E-state index in [1.807, 2.05) is 35.7 Å². The van der Waals surface area contributed by atoms with E-state index >= 15 is 0 Å². The molecular formula is C18H23N3O2S. The highest BCUT2D eigenvalue weighted by molar-refractivity contribution is 7.13. The predicted molar refractivity (Wildman–Crippen MR) is 96.4 cm³/mol. The van der Waals surface area contributed by atoms with E-state index in [0.717, 1.165) is 36.9 Å². The van der Waals surface area contributed by atoms with Crippen molar-refractivity contribution >= 4 is 17.2 Å². The summed E-state index contributed by atoms with van der Waals surface area (Å²) in [5.41, 5.74) is 1.42. The molecule has 3 rings (SSSR count). The summed E-state index contributed by atoms with van der Waals surface area (Å²) < 4.78 is 5.40. The highest BCUT2D eigenvalue weighted by Gasteiger charge is 2.29. The largest absolute Gasteiger partial charge is 0.379 e. The first-order chi connectivity index (χ1) is 11.6. The Labute approximate surface area is 146 Å². The maximum absolute atomic E-state index is 12.4. The van der Waals surface area contributed by atoms with Crippen molar-refractivity contribution < 1.29 is 9.53 Å². The van der Waals surface area contributed by atoms with Gasteiger partial charge in [-0.15, -0.1) is 11.3 Å². The molecule has 1 fully saturated rings. The number of rotatable bonds is 5. The van der Waals surface area contributed by atoms with Gasteiger partial charge in [0.2, 0.25) is 0 Å². The van der Waals surface area contributed by atoms with Crippen LogP contribution in [0.25, 0.3) is 10.6 Å². The molecule has 0 saturated carbocycles. The zero-order chi connectivity index (χ0) is 17.0. The van der Waals surface area contributed by atoms with Crippen molar-refractivity contribution in [2.75, 3.05) is 32.8 Å². The number of amides is 1. The summed E-state index contributed by atoms with van der Waals surface area (Å²) in [7, 11) is 0. The van der Waals surface area contributed by atoms with Crippen LogP contribution in [0.2, 0.25) is 0 Å². The summed E-state index contributed by atoms with van der Waals surface area (Å²) in [6, 6.07) is 9.92. The second kappa shape index (κ2) is 7.42. The topological polar surface area (TPSA) is 54.5 Å². The summed E-state index contributed by atoms with van der Waals surface area (Å²) in [4.78, 5) is 19.2. The smallest absolute Gasteiger partial charge is 0.270 e. The Morgan fingerprint density at radius 3 is 2.71 bits per heavy atom. The van der Waals surface area contributed by atoms with Crippen LogP contribution in [0.5, 0.6) is 0 Å². The monoisotopic (exact) mass is 345 g/mol. The van der Waals surface area contributed by atoms with Crippen LogP contribution in [-0.2, 0) is 4.74 Å². The van der Waals surface area contributed by atoms with Crippen molar-refractivity contribution in [3.63, 3.8) is 0 Å². The lowest BCUT2D eigenvalue weighted by Crippen LogP contribution is -2.55. The molecule has 0 unspecified atom stereocenters. The normalized spacial score (nSPS) is 16.1. The first kappa shape index (κ1) is 17.1. The number of hydrogen-bond acceptors (Lipinski definition) is 5. The lowest BCUT2D eigenvalue weighted by atomic mass is 10.0. The van der Waals surface area contributed by atoms with Gasteiger partial charge in [-0.05, 0) is 13.8 Å². The van der Waals surface area contributed by atoms with E-state index < -0.39 is 0 Å². The number of nitrogens with one attached hydrogen (secondary N) is 1. The SMILES string of the molecule is CC(C)(CNC(=O)c1csc(-c2ccccc2)n1)N1CCOCC1. The van der Waals surface area contributed by atoms with Crippen molar-refractivity contribution in [2.45, 2.75) is 19.4 Å². The highest BCUT2D eigenvalue weighted by Crippen LogP contribution is 2.23. The van der Waals surface area contributed by atoms with Gasteiger partial charge >= 0.3 is 0 Å². The van der Waals surface area contributed by atoms with Crippen molar-refractivity contribution in [1.29, 1.82) is 0 Å². The summed E-state index contributed by atoms with van der Waals surface area (Å²) in [5.74, 6) is -0.116. The molecule has 0 aliphatic carbocycles. The number of nitrogens with zero attached hydrogens (tertiary/aromatic N) is 2. The van der Waals surface area contributed by atoms with E-state index in [1.165, 1.54) is 11.3 Å². The fourth-order valence-electron chi connectivity index (χ4n) is 2.76. The lowest BCUT2D eigenvalue weighted by Gasteiger charge is -2.40. The van der Waals surface area contributed by atoms with E-state index in [1.54, 1.807) is 0 Å². The zero-order valence-electron chi connectivity index (χ0n) is 14.1. The van der Waals surface area contributed by atoms with Crippen LogP contribution in [0.15, 0.2) is 35.7 Å². The number of morpholine rings is 1. The van der Waals surface area contributed by atoms with Gasteiger partial charge in [0, 0.05) is 36.1 Å². The number of aromatic nitrogens is 1. The molecule has 0 spiro atoms. The molecule has 0 bridgehead atoms. The number of hydrogen-bond donors (Lipinski definition) is 1. The Hall–Kier alpha value is -1.76. The van der Waals surface area contributed by atoms with E-state index in [-0.39, 0.29) is 11.4 Å². The molecule has 2 heterocycles. The summed E-state index contributed by atoms with van der Waals surface area (Å²) in [6.07, 6.45) is 0. The molecule has 1 aliphatic rings. The molecule has 1 saturated heterocycles. The Bertz CT molecular complexity index is 679. The van der Waals surface area contributed by atoms with E-state index in [4.69, 9.17) is 4.74 Å². The maximum Gasteiger partial charge on any atom is 0.270 e. The fraction of sp³-hybridized carbons (Fsp3) is 0.444. The van der Waals surface area contributed by atoms with Crippen molar-refractivity contribution in [2.24, 2.45) is 0 Å². The number of benzene rings is 1. The number of thiazole rings is 1. The molecule has 5 nitrogen and oxygen atoms in total. The Morgan fingerprint density at radius 2 is 2.00 bits per heavy atom. The van der Waals surface area contributed by atoms with Crippen molar-refractivity contribution in [3.8, 4) is 10.6 Å². The third-order valence-electron chi connectivity index (χ3n) is 4.31. The second-order valence-corrected chi connectivity index (χ2v) is 7.36. The third-order valence-corrected chi connectivity index (χ3v) is 5.20. The van der Waals surface area contributed by atoms with Crippen LogP contribution in [-0.4, -0.2) is 54.2 Å². The maximum atomic E-state index is 12.4. The molecular weight excluding hydrogens is 322 g/mol. The second-order valence-electron chi connectivity index (χ2n) is 6.50. The Balaban J connectivity index is 1.60. The molecule has 6 heteroatoms. The summed E-state index contributed by atoms with van der Waals surface area (Å²) in [6.45, 7) is 8.19. The van der Waals surface area contributed by atoms with E-state index in [2.05, 4.69) is 29.0 Å². The number of carbonyl (C=O) groups is 1. The van der Waals surface area contributed by atoms with Gasteiger partial charge in [0.1, 0.15) is 10.7 Å². The molecule has 2 aromatic rings. The van der Waals surface area contributed by atoms with Gasteiger partial charge in [0.15, 0.2) is 0 Å². The molecule has 24 heavy (non-hydrogen) atoms. The van der Waals surface area contributed by atoms with Crippen LogP contribution in [0, 0.1) is 0 Å². The quantitative estimate of drug-likeness (QED) is 0.905. The van der Waals surface area contributed by atoms with Crippen LogP contribution >= 0.6 is 11.3 Å². The van der Waals surface area contributed by atoms with Gasteiger partial charge < -0.3 is 10.1 Å². The first-order valence-corrected chi connectivity index (χ1v) is 9.06. The van der Waals surface area contributed by atoms with Gasteiger partial charge in [-0.3, -0.25) is 9.69 Å². The first-order valence-electron chi connectivity index (χ1n) is 8.18. The number of carbonyl (C=O) groups excluding carboxylic acids is 1. The molecule has 1 N–H and O–H groups in total. The van der Waals surface area contributed by atoms with Crippen LogP contribution in [0.1, 0.15) is 24.3 Å². The highest BCUT2D eigenvalue weighted by atomic mass is 32.1. The van der Waals surface area contributed by atoms with Crippen molar-refractivity contribution in [3.05, 3.63) is 41.4 Å². The minimum absolute atomic E-state index is 0.0995. The molecule has 128 valence electrons. The minimum Gasteiger partial charge on any atom is -0.379 e. The zero-order valence-corrected chi connectivity index (χ0v) is 14.9. The van der Waals surface area contributed by atoms with Gasteiger partial charge in [0.05, 0.1) is 13.2 Å². The van der Waals surface area contributed by atoms with Gasteiger partial charge in [0.25, 0.3) is 5.91 Å². The molecule has 0 radical (unpaired) electrons. The average molecular weight is 345 g/mol. The lowest BCUT2D eigenvalue weighted by molar-refractivity contribution is -0.00924. The van der Waals surface area contributed by atoms with Gasteiger partial charge in [-0.1, -0.05) is 30.3 Å². The van der Waals surface area contributed by atoms with Gasteiger partial charge in [-0.25, -0.2) is 4.98 Å². The summed E-state index contributed by atoms with van der Waals surface area (Å²) >= 11 is 1.49. The van der Waals surface area contributed by atoms with E-state index in [0.29, 0.717) is 12.2 Å². The van der Waals surface area contributed by atoms with Crippen LogP contribution in [0.3, 0.4) is 0 Å². The van der Waals surface area contributed by atoms with Crippen molar-refractivity contribution in [1.82, 2.24) is 15.2 Å². The van der Waals surface area contributed by atoms with E-state index in [9.17, 15) is 4.79 Å². The minimum atomic E-state index is -0.116. The molecule has 0 atom stereocenters. The van der Waals surface area contributed by atoms with Crippen LogP contribution in [0.4, 0.5) is 0 Å². The fourth-order valence-corrected chi connectivity index (χ4v) is 3.57. The predicted octanol–water partition coefficient (Wildman–Crippen LogP) is 2.65. The van der Waals surface area contributed by atoms with Gasteiger partial charge in [-0.2, -0.15) is 0 Å². The molecule has 1 aliphatic heterocycles. The Kier molecular flexibility index (Phi) is 5.28. The average Bonchev–Trinajstić information content (AvgIpc) is 3.11. The molecule has 1 amide bonds. The molecule has 1 aromatic carbocycles. The summed E-state index contributed by atoms with van der Waals surface area (Å²) in [5, 5.41) is 5.71. The molecule has 1 aromatic heterocycles. The third kappa shape index (κ3) is 4.01. The standard InChI is InChI=1S/C18H23N3O2S/c1-18(2,21-8-10-23-11-9-21)13-19-16(22)15-12-24-17(20-15)14-6-4-3-5-7-14/h3-7,12H,8-11,13H2,1-2H3,(H,19,22). The Morgan fingerprint density at radius 1 is 1.29 bits per heavy atom. The van der Waals surface area contributed by atoms with Crippen LogP contribution < -0.4 is 5.32 Å².